The van der Waals surface area contributed by atoms with Gasteiger partial charge in [0.2, 0.25) is 0 Å². The van der Waals surface area contributed by atoms with Crippen molar-refractivity contribution in [2.75, 3.05) is 0 Å². The molecule has 0 spiro atoms. The van der Waals surface area contributed by atoms with Gasteiger partial charge in [-0.3, -0.25) is 0 Å². The minimum Gasteiger partial charge on any atom is -0.418 e. The van der Waals surface area contributed by atoms with Crippen LogP contribution in [0, 0.1) is 0 Å². The Labute approximate surface area is 245 Å². The molecule has 0 N–H and O–H groups in total. The fourth-order valence-corrected chi connectivity index (χ4v) is 14.0. The number of rotatable bonds is 6. The van der Waals surface area contributed by atoms with Crippen molar-refractivity contribution in [1.29, 1.82) is 0 Å². The van der Waals surface area contributed by atoms with E-state index in [9.17, 15) is 17.3 Å². The van der Waals surface area contributed by atoms with Crippen molar-refractivity contribution in [1.82, 2.24) is 0 Å². The summed E-state index contributed by atoms with van der Waals surface area (Å²) in [5.74, 6) is 0. The maximum Gasteiger partial charge on any atom is 0.673 e. The predicted octanol–water partition coefficient (Wildman–Crippen LogP) is 10.6. The summed E-state index contributed by atoms with van der Waals surface area (Å²) in [5, 5.41) is 3.68. The Morgan fingerprint density at radius 1 is 0.579 bits per heavy atom. The predicted molar refractivity (Wildman–Crippen MR) is 161 cm³/mol. The van der Waals surface area contributed by atoms with Crippen molar-refractivity contribution in [2.24, 2.45) is 0 Å². The molecule has 3 aliphatic rings. The van der Waals surface area contributed by atoms with Crippen molar-refractivity contribution in [3.63, 3.8) is 0 Å². The summed E-state index contributed by atoms with van der Waals surface area (Å²) in [6.07, 6.45) is 25.5. The van der Waals surface area contributed by atoms with Gasteiger partial charge in [0, 0.05) is 19.5 Å². The van der Waals surface area contributed by atoms with Crippen LogP contribution in [0.2, 0.25) is 0 Å². The maximum atomic E-state index is 9.75. The molecule has 0 unspecified atom stereocenters. The molecule has 1 aromatic rings. The molecule has 38 heavy (non-hydrogen) atoms. The zero-order chi connectivity index (χ0) is 27.3. The van der Waals surface area contributed by atoms with Crippen LogP contribution in [-0.4, -0.2) is 29.9 Å². The monoisotopic (exact) mass is 660 g/mol. The van der Waals surface area contributed by atoms with Crippen LogP contribution in [0.4, 0.5) is 17.3 Å². The molecular weight excluding hydrogens is 612 g/mol. The van der Waals surface area contributed by atoms with Gasteiger partial charge in [-0.1, -0.05) is 92.1 Å². The van der Waals surface area contributed by atoms with Gasteiger partial charge in [-0.25, -0.2) is 0 Å². The van der Waals surface area contributed by atoms with E-state index in [4.69, 9.17) is 0 Å². The van der Waals surface area contributed by atoms with Crippen molar-refractivity contribution < 1.29 is 36.7 Å². The first-order valence-corrected chi connectivity index (χ1v) is 17.5. The second kappa shape index (κ2) is 19.2. The number of hydrogen-bond acceptors (Lipinski definition) is 0. The van der Waals surface area contributed by atoms with Crippen LogP contribution in [0.3, 0.4) is 0 Å². The molecule has 2 heterocycles. The smallest absolute Gasteiger partial charge is 0.418 e. The largest absolute Gasteiger partial charge is 0.673 e. The molecule has 0 aromatic heterocycles. The second-order valence-electron chi connectivity index (χ2n) is 10.3. The fraction of sp³-hybridized carbons (Fsp3) is 0.667. The summed E-state index contributed by atoms with van der Waals surface area (Å²) in [5.41, 5.74) is 3.96. The fourth-order valence-electron chi connectivity index (χ4n) is 6.07. The Hall–Kier alpha value is -0.0317. The van der Waals surface area contributed by atoms with Gasteiger partial charge in [-0.2, -0.15) is 0 Å². The van der Waals surface area contributed by atoms with E-state index < -0.39 is 7.25 Å². The van der Waals surface area contributed by atoms with Gasteiger partial charge in [-0.05, 0) is 110 Å². The molecule has 2 fully saturated rings. The van der Waals surface area contributed by atoms with Gasteiger partial charge in [0.05, 0.1) is 0 Å². The third-order valence-electron chi connectivity index (χ3n) is 7.90. The van der Waals surface area contributed by atoms with E-state index in [2.05, 4.69) is 76.3 Å². The minimum absolute atomic E-state index is 0. The van der Waals surface area contributed by atoms with Gasteiger partial charge < -0.3 is 17.3 Å². The molecule has 0 bridgehead atoms. The van der Waals surface area contributed by atoms with Gasteiger partial charge in [0.15, 0.2) is 0 Å². The summed E-state index contributed by atoms with van der Waals surface area (Å²) >= 11 is 0. The van der Waals surface area contributed by atoms with Crippen molar-refractivity contribution in [3.05, 3.63) is 48.6 Å². The molecule has 1 radical (unpaired) electrons. The van der Waals surface area contributed by atoms with E-state index in [0.29, 0.717) is 0 Å². The number of halogens is 4. The first kappa shape index (κ1) is 36.0. The topological polar surface area (TPSA) is 0 Å². The van der Waals surface area contributed by atoms with Crippen molar-refractivity contribution in [2.45, 2.75) is 127 Å². The van der Waals surface area contributed by atoms with Gasteiger partial charge in [0.1, 0.15) is 0 Å². The summed E-state index contributed by atoms with van der Waals surface area (Å²) in [7, 11) is -5.87. The number of allylic oxidation sites excluding steroid dienone is 4. The summed E-state index contributed by atoms with van der Waals surface area (Å²) in [4.78, 5) is 0. The Kier molecular flexibility index (Phi) is 18.1. The molecule has 2 aliphatic heterocycles. The summed E-state index contributed by atoms with van der Waals surface area (Å²) in [6.45, 7) is 9.74. The van der Waals surface area contributed by atoms with Gasteiger partial charge in [0.25, 0.3) is 0 Å². The number of hydrogen-bond donors (Lipinski definition) is 0. The van der Waals surface area contributed by atoms with E-state index in [-0.39, 0.29) is 35.3 Å². The zero-order valence-electron chi connectivity index (χ0n) is 23.7. The maximum absolute atomic E-state index is 9.75. The number of benzene rings is 1. The molecule has 219 valence electrons. The third kappa shape index (κ3) is 11.8. The SMILES string of the molecule is C1=C\CC/C=C\CC/1.CC[C@@H]1CC[C@@H](CC)P1c1ccccc1P1[C@H](CC)CC[C@H]1CC.F[B-](F)(F)F.[Rh]. The van der Waals surface area contributed by atoms with Crippen LogP contribution in [0.1, 0.15) is 105 Å². The summed E-state index contributed by atoms with van der Waals surface area (Å²) < 4.78 is 39.0. The Morgan fingerprint density at radius 2 is 0.816 bits per heavy atom. The molecule has 4 rings (SSSR count). The Morgan fingerprint density at radius 3 is 1.03 bits per heavy atom. The van der Waals surface area contributed by atoms with Crippen LogP contribution in [0.15, 0.2) is 48.6 Å². The molecule has 0 nitrogen and oxygen atoms in total. The quantitative estimate of drug-likeness (QED) is 0.123. The molecule has 8 heteroatoms. The first-order chi connectivity index (χ1) is 17.7. The van der Waals surface area contributed by atoms with E-state index in [0.717, 1.165) is 22.6 Å². The molecular formula is C30H48BF4P2Rh-. The third-order valence-corrected chi connectivity index (χ3v) is 15.6. The zero-order valence-corrected chi connectivity index (χ0v) is 27.2. The van der Waals surface area contributed by atoms with Crippen LogP contribution < -0.4 is 10.6 Å². The Balaban J connectivity index is 0.000000427. The van der Waals surface area contributed by atoms with Crippen molar-refractivity contribution >= 4 is 33.7 Å². The van der Waals surface area contributed by atoms with E-state index in [1.807, 2.05) is 10.6 Å². The normalized spacial score (nSPS) is 27.6. The van der Waals surface area contributed by atoms with E-state index in [1.165, 1.54) is 77.0 Å². The second-order valence-corrected chi connectivity index (χ2v) is 15.8. The van der Waals surface area contributed by atoms with Crippen molar-refractivity contribution in [3.8, 4) is 0 Å². The standard InChI is InChI=1S/C22H36P2.C8H12.BF4.Rh/c1-5-17-13-14-18(6-2)23(17)21-11-9-10-12-22(21)24-19(7-3)15-16-20(24)8-4;1-2-4-6-8-7-5-3-1;2-1(3,4)5;/h9-12,17-20H,5-8,13-16H2,1-4H3;1-2,7-8H,3-6H2;;/q;;-1;/b;2-1-,8-7-;;/t17-,18-,19-,20-;;;/m1.../s1. The Bertz CT molecular complexity index is 730. The van der Waals surface area contributed by atoms with Crippen LogP contribution in [-0.2, 0) is 19.5 Å². The van der Waals surface area contributed by atoms with Crippen LogP contribution >= 0.6 is 15.8 Å². The molecule has 4 atom stereocenters. The van der Waals surface area contributed by atoms with E-state index in [1.54, 1.807) is 0 Å². The van der Waals surface area contributed by atoms with E-state index >= 15 is 0 Å². The van der Waals surface area contributed by atoms with Gasteiger partial charge in [-0.15, -0.1) is 0 Å². The first-order valence-electron chi connectivity index (χ1n) is 14.6. The molecule has 0 saturated carbocycles. The molecule has 2 saturated heterocycles. The van der Waals surface area contributed by atoms with Crippen LogP contribution in [0.25, 0.3) is 0 Å². The minimum atomic E-state index is -6.00. The molecule has 0 amide bonds. The van der Waals surface area contributed by atoms with Crippen LogP contribution in [0.5, 0.6) is 0 Å². The molecule has 1 aromatic carbocycles. The summed E-state index contributed by atoms with van der Waals surface area (Å²) in [6, 6.07) is 9.79. The molecule has 1 aliphatic carbocycles. The average molecular weight is 660 g/mol. The average Bonchev–Trinajstić information content (AvgIpc) is 3.46. The van der Waals surface area contributed by atoms with Gasteiger partial charge >= 0.3 is 7.25 Å².